The van der Waals surface area contributed by atoms with Crippen LogP contribution >= 0.6 is 0 Å². The molecule has 132 valence electrons. The van der Waals surface area contributed by atoms with E-state index in [9.17, 15) is 0 Å². The number of aromatic amines is 1. The number of nitrogens with one attached hydrogen (secondary N) is 1. The molecule has 0 amide bonds. The average molecular weight is 335 g/mol. The topological polar surface area (TPSA) is 45.0 Å². The molecule has 3 aromatic rings. The summed E-state index contributed by atoms with van der Waals surface area (Å²) in [5.74, 6) is 0. The number of anilines is 1. The Labute approximate surface area is 150 Å². The van der Waals surface area contributed by atoms with Crippen molar-refractivity contribution >= 4 is 16.6 Å². The summed E-state index contributed by atoms with van der Waals surface area (Å²) >= 11 is 0. The smallest absolute Gasteiger partial charge is 0.0497 e. The largest absolute Gasteiger partial charge is 0.378 e. The Morgan fingerprint density at radius 2 is 1.72 bits per heavy atom. The molecule has 3 rings (SSSR count). The van der Waals surface area contributed by atoms with Crippen LogP contribution in [0.4, 0.5) is 5.69 Å². The van der Waals surface area contributed by atoms with Crippen LogP contribution in [0.15, 0.2) is 36.4 Å². The fraction of sp³-hybridized carbons (Fsp3) is 0.364. The van der Waals surface area contributed by atoms with Gasteiger partial charge in [-0.1, -0.05) is 23.8 Å². The molecule has 3 heteroatoms. The van der Waals surface area contributed by atoms with Crippen molar-refractivity contribution in [2.45, 2.75) is 33.1 Å². The normalized spacial score (nSPS) is 11.2. The quantitative estimate of drug-likeness (QED) is 0.636. The zero-order valence-corrected chi connectivity index (χ0v) is 15.8. The molecule has 25 heavy (non-hydrogen) atoms. The maximum absolute atomic E-state index is 5.71. The third-order valence-electron chi connectivity index (χ3n) is 4.91. The number of aryl methyl sites for hydroxylation is 3. The molecule has 0 saturated carbocycles. The van der Waals surface area contributed by atoms with Gasteiger partial charge in [-0.2, -0.15) is 0 Å². The summed E-state index contributed by atoms with van der Waals surface area (Å²) in [6, 6.07) is 13.4. The Balaban J connectivity index is 2.12. The Bertz CT molecular complexity index is 857. The summed E-state index contributed by atoms with van der Waals surface area (Å²) in [4.78, 5) is 5.84. The highest BCUT2D eigenvalue weighted by Gasteiger charge is 2.15. The lowest BCUT2D eigenvalue weighted by atomic mass is 9.98. The van der Waals surface area contributed by atoms with E-state index in [1.165, 1.54) is 44.5 Å². The second-order valence-electron chi connectivity index (χ2n) is 7.17. The van der Waals surface area contributed by atoms with Crippen molar-refractivity contribution < 1.29 is 0 Å². The van der Waals surface area contributed by atoms with E-state index in [2.05, 4.69) is 74.2 Å². The highest BCUT2D eigenvalue weighted by Crippen LogP contribution is 2.34. The average Bonchev–Trinajstić information content (AvgIpc) is 2.94. The molecule has 2 aromatic carbocycles. The van der Waals surface area contributed by atoms with E-state index in [1.807, 2.05) is 0 Å². The van der Waals surface area contributed by atoms with Crippen LogP contribution in [0.25, 0.3) is 22.2 Å². The molecular weight excluding hydrogens is 306 g/mol. The molecule has 1 heterocycles. The van der Waals surface area contributed by atoms with Gasteiger partial charge >= 0.3 is 0 Å². The molecule has 3 nitrogen and oxygen atoms in total. The van der Waals surface area contributed by atoms with Gasteiger partial charge in [-0.3, -0.25) is 0 Å². The second-order valence-corrected chi connectivity index (χ2v) is 7.17. The summed E-state index contributed by atoms with van der Waals surface area (Å²) in [5.41, 5.74) is 14.8. The zero-order chi connectivity index (χ0) is 18.0. The molecule has 0 aliphatic rings. The Hall–Kier alpha value is -2.26. The molecule has 0 aliphatic carbocycles. The van der Waals surface area contributed by atoms with Crippen molar-refractivity contribution in [3.8, 4) is 11.3 Å². The van der Waals surface area contributed by atoms with E-state index < -0.39 is 0 Å². The molecule has 3 N–H and O–H groups in total. The van der Waals surface area contributed by atoms with E-state index in [-0.39, 0.29) is 0 Å². The van der Waals surface area contributed by atoms with E-state index in [0.717, 1.165) is 25.8 Å². The molecule has 0 aliphatic heterocycles. The van der Waals surface area contributed by atoms with Gasteiger partial charge < -0.3 is 15.6 Å². The number of unbranched alkanes of at least 4 members (excludes halogenated alkanes) is 1. The molecular formula is C22H29N3. The standard InChI is InChI=1S/C22H29N3/c1-15-13-16(2)21-20(14-15)19(7-5-6-12-23)22(24-21)17-8-10-18(11-9-17)25(3)4/h8-11,13-14,24H,5-7,12,23H2,1-4H3. The fourth-order valence-electron chi connectivity index (χ4n) is 3.59. The Morgan fingerprint density at radius 3 is 2.36 bits per heavy atom. The maximum Gasteiger partial charge on any atom is 0.0497 e. The van der Waals surface area contributed by atoms with E-state index in [1.54, 1.807) is 0 Å². The van der Waals surface area contributed by atoms with Crippen LogP contribution in [0.5, 0.6) is 0 Å². The van der Waals surface area contributed by atoms with Crippen molar-refractivity contribution in [3.63, 3.8) is 0 Å². The number of hydrogen-bond acceptors (Lipinski definition) is 2. The van der Waals surface area contributed by atoms with Gasteiger partial charge in [-0.25, -0.2) is 0 Å². The summed E-state index contributed by atoms with van der Waals surface area (Å²) < 4.78 is 0. The van der Waals surface area contributed by atoms with Crippen LogP contribution in [-0.2, 0) is 6.42 Å². The van der Waals surface area contributed by atoms with Crippen molar-refractivity contribution in [1.29, 1.82) is 0 Å². The number of nitrogens with zero attached hydrogens (tertiary/aromatic N) is 1. The minimum Gasteiger partial charge on any atom is -0.378 e. The van der Waals surface area contributed by atoms with Crippen molar-refractivity contribution in [2.24, 2.45) is 5.73 Å². The monoisotopic (exact) mass is 335 g/mol. The Morgan fingerprint density at radius 1 is 1.00 bits per heavy atom. The van der Waals surface area contributed by atoms with Gasteiger partial charge in [0, 0.05) is 36.4 Å². The number of hydrogen-bond donors (Lipinski definition) is 2. The molecule has 1 aromatic heterocycles. The lowest BCUT2D eigenvalue weighted by Crippen LogP contribution is -2.07. The van der Waals surface area contributed by atoms with E-state index in [4.69, 9.17) is 5.73 Å². The zero-order valence-electron chi connectivity index (χ0n) is 15.8. The minimum atomic E-state index is 0.757. The van der Waals surface area contributed by atoms with Crippen LogP contribution in [0.3, 0.4) is 0 Å². The second kappa shape index (κ2) is 7.32. The lowest BCUT2D eigenvalue weighted by Gasteiger charge is -2.13. The summed E-state index contributed by atoms with van der Waals surface area (Å²) in [7, 11) is 4.14. The molecule has 0 bridgehead atoms. The molecule has 0 spiro atoms. The van der Waals surface area contributed by atoms with E-state index >= 15 is 0 Å². The van der Waals surface area contributed by atoms with Gasteiger partial charge in [-0.05, 0) is 74.5 Å². The number of benzene rings is 2. The summed E-state index contributed by atoms with van der Waals surface area (Å²) in [6.45, 7) is 5.12. The first-order valence-corrected chi connectivity index (χ1v) is 9.11. The lowest BCUT2D eigenvalue weighted by molar-refractivity contribution is 0.748. The Kier molecular flexibility index (Phi) is 5.14. The number of aromatic nitrogens is 1. The molecule has 0 fully saturated rings. The van der Waals surface area contributed by atoms with Gasteiger partial charge in [0.05, 0.1) is 0 Å². The third kappa shape index (κ3) is 3.57. The molecule has 0 unspecified atom stereocenters. The number of rotatable bonds is 6. The van der Waals surface area contributed by atoms with Crippen LogP contribution in [0, 0.1) is 13.8 Å². The van der Waals surface area contributed by atoms with Gasteiger partial charge in [0.25, 0.3) is 0 Å². The van der Waals surface area contributed by atoms with Crippen LogP contribution in [0.1, 0.15) is 29.5 Å². The highest BCUT2D eigenvalue weighted by molar-refractivity contribution is 5.93. The van der Waals surface area contributed by atoms with Gasteiger partial charge in [0.15, 0.2) is 0 Å². The molecule has 0 radical (unpaired) electrons. The van der Waals surface area contributed by atoms with Crippen LogP contribution in [0.2, 0.25) is 0 Å². The summed E-state index contributed by atoms with van der Waals surface area (Å²) in [6.07, 6.45) is 3.25. The highest BCUT2D eigenvalue weighted by atomic mass is 15.1. The first-order valence-electron chi connectivity index (χ1n) is 9.11. The minimum absolute atomic E-state index is 0.757. The van der Waals surface area contributed by atoms with Crippen LogP contribution in [-0.4, -0.2) is 25.6 Å². The van der Waals surface area contributed by atoms with Crippen LogP contribution < -0.4 is 10.6 Å². The number of nitrogens with two attached hydrogens (primary N) is 1. The van der Waals surface area contributed by atoms with Crippen molar-refractivity contribution in [2.75, 3.05) is 25.5 Å². The molecule has 0 atom stereocenters. The van der Waals surface area contributed by atoms with Gasteiger partial charge in [0.2, 0.25) is 0 Å². The predicted molar refractivity (Wildman–Crippen MR) is 110 cm³/mol. The van der Waals surface area contributed by atoms with Gasteiger partial charge in [0.1, 0.15) is 0 Å². The first kappa shape index (κ1) is 17.6. The maximum atomic E-state index is 5.71. The molecule has 0 saturated heterocycles. The predicted octanol–water partition coefficient (Wildman–Crippen LogP) is 4.80. The third-order valence-corrected chi connectivity index (χ3v) is 4.91. The first-order chi connectivity index (χ1) is 12.0. The number of H-pyrrole nitrogens is 1. The van der Waals surface area contributed by atoms with Crippen molar-refractivity contribution in [1.82, 2.24) is 4.98 Å². The van der Waals surface area contributed by atoms with Gasteiger partial charge in [-0.15, -0.1) is 0 Å². The fourth-order valence-corrected chi connectivity index (χ4v) is 3.59. The SMILES string of the molecule is Cc1cc(C)c2[nH]c(-c3ccc(N(C)C)cc3)c(CCCCN)c2c1. The number of fused-ring (bicyclic) bond motifs is 1. The van der Waals surface area contributed by atoms with E-state index in [0.29, 0.717) is 0 Å². The van der Waals surface area contributed by atoms with Crippen molar-refractivity contribution in [3.05, 3.63) is 53.1 Å². The summed E-state index contributed by atoms with van der Waals surface area (Å²) in [5, 5.41) is 1.36.